The van der Waals surface area contributed by atoms with Crippen LogP contribution in [-0.4, -0.2) is 71.6 Å². The third-order valence-electron chi connectivity index (χ3n) is 6.71. The molecule has 0 saturated carbocycles. The summed E-state index contributed by atoms with van der Waals surface area (Å²) in [4.78, 5) is 28.2. The average Bonchev–Trinajstić information content (AvgIpc) is 2.78. The molecule has 172 valence electrons. The molecule has 2 aliphatic heterocycles. The first-order valence-corrected chi connectivity index (χ1v) is 11.6. The number of anilines is 2. The van der Waals surface area contributed by atoms with E-state index in [9.17, 15) is 4.79 Å². The Kier molecular flexibility index (Phi) is 6.50. The van der Waals surface area contributed by atoms with E-state index < -0.39 is 0 Å². The molecule has 3 N–H and O–H groups in total. The van der Waals surface area contributed by atoms with E-state index in [0.29, 0.717) is 12.5 Å². The van der Waals surface area contributed by atoms with E-state index in [2.05, 4.69) is 71.1 Å². The minimum absolute atomic E-state index is 0.00545. The zero-order chi connectivity index (χ0) is 22.8. The largest absolute Gasteiger partial charge is 0.368 e. The number of benzene rings is 1. The lowest BCUT2D eigenvalue weighted by molar-refractivity contribution is 0.186. The van der Waals surface area contributed by atoms with Gasteiger partial charge in [-0.2, -0.15) is 4.98 Å². The zero-order valence-electron chi connectivity index (χ0n) is 19.6. The Morgan fingerprint density at radius 2 is 1.78 bits per heavy atom. The van der Waals surface area contributed by atoms with Crippen molar-refractivity contribution >= 4 is 17.8 Å². The summed E-state index contributed by atoms with van der Waals surface area (Å²) in [6, 6.07) is 8.59. The Bertz CT molecular complexity index is 969. The van der Waals surface area contributed by atoms with E-state index >= 15 is 0 Å². The van der Waals surface area contributed by atoms with Gasteiger partial charge in [0, 0.05) is 56.9 Å². The quantitative estimate of drug-likeness (QED) is 0.764. The maximum atomic E-state index is 12.7. The molecule has 1 fully saturated rings. The van der Waals surface area contributed by atoms with Crippen LogP contribution in [0.4, 0.5) is 16.6 Å². The normalized spacial score (nSPS) is 17.9. The highest BCUT2D eigenvalue weighted by Crippen LogP contribution is 2.28. The number of nitrogens with zero attached hydrogens (tertiary/aromatic N) is 5. The van der Waals surface area contributed by atoms with Gasteiger partial charge in [0.15, 0.2) is 0 Å². The Hall–Kier alpha value is -2.87. The highest BCUT2D eigenvalue weighted by molar-refractivity contribution is 5.75. The number of carbonyl (C=O) groups is 1. The van der Waals surface area contributed by atoms with Gasteiger partial charge in [-0.05, 0) is 43.5 Å². The molecule has 8 nitrogen and oxygen atoms in total. The van der Waals surface area contributed by atoms with Gasteiger partial charge < -0.3 is 25.8 Å². The monoisotopic (exact) mass is 437 g/mol. The molecule has 0 radical (unpaired) electrons. The number of carbonyl (C=O) groups excluding carboxylic acids is 1. The van der Waals surface area contributed by atoms with Crippen LogP contribution in [-0.2, 0) is 13.0 Å². The van der Waals surface area contributed by atoms with Crippen LogP contribution in [0.3, 0.4) is 0 Å². The molecule has 0 bridgehead atoms. The molecule has 0 spiro atoms. The van der Waals surface area contributed by atoms with Crippen LogP contribution in [0.5, 0.6) is 0 Å². The molecule has 1 aromatic heterocycles. The summed E-state index contributed by atoms with van der Waals surface area (Å²) in [5.74, 6) is 1.57. The summed E-state index contributed by atoms with van der Waals surface area (Å²) in [6.45, 7) is 11.5. The number of nitrogen functional groups attached to an aromatic ring is 1. The number of aromatic nitrogens is 2. The van der Waals surface area contributed by atoms with Crippen LogP contribution in [0.2, 0.25) is 0 Å². The Morgan fingerprint density at radius 3 is 2.50 bits per heavy atom. The van der Waals surface area contributed by atoms with Crippen molar-refractivity contribution in [1.29, 1.82) is 0 Å². The second-order valence-corrected chi connectivity index (χ2v) is 9.40. The number of rotatable bonds is 4. The van der Waals surface area contributed by atoms with Gasteiger partial charge >= 0.3 is 6.03 Å². The third-order valence-corrected chi connectivity index (χ3v) is 6.71. The van der Waals surface area contributed by atoms with E-state index in [4.69, 9.17) is 5.73 Å². The fraction of sp³-hybridized carbons (Fsp3) is 0.542. The standard InChI is InChI=1S/C24H35N7O/c1-16(2)17(3)26-24(32)31-8-7-18-5-6-19(13-20(18)15-31)21-14-22(28-23(25)27-21)30-11-9-29(4)10-12-30/h5-6,13-14,16-17H,7-12,15H2,1-4H3,(H,26,32)(H2,25,27,28)/t17-/m0/s1. The highest BCUT2D eigenvalue weighted by Gasteiger charge is 2.23. The summed E-state index contributed by atoms with van der Waals surface area (Å²) >= 11 is 0. The first-order chi connectivity index (χ1) is 15.3. The van der Waals surface area contributed by atoms with Crippen LogP contribution >= 0.6 is 0 Å². The van der Waals surface area contributed by atoms with Gasteiger partial charge in [-0.25, -0.2) is 9.78 Å². The first kappa shape index (κ1) is 22.3. The molecule has 8 heteroatoms. The Balaban J connectivity index is 1.54. The van der Waals surface area contributed by atoms with Crippen molar-refractivity contribution in [2.45, 2.75) is 39.8 Å². The van der Waals surface area contributed by atoms with Crippen molar-refractivity contribution in [1.82, 2.24) is 25.1 Å². The van der Waals surface area contributed by atoms with Crippen molar-refractivity contribution in [2.75, 3.05) is 50.4 Å². The second-order valence-electron chi connectivity index (χ2n) is 9.40. The lowest BCUT2D eigenvalue weighted by Crippen LogP contribution is -2.47. The fourth-order valence-corrected chi connectivity index (χ4v) is 4.14. The van der Waals surface area contributed by atoms with Gasteiger partial charge in [0.05, 0.1) is 5.69 Å². The number of nitrogens with one attached hydrogen (secondary N) is 1. The SMILES string of the molecule is CC(C)[C@H](C)NC(=O)N1CCc2ccc(-c3cc(N4CCN(C)CC4)nc(N)n3)cc2C1. The first-order valence-electron chi connectivity index (χ1n) is 11.6. The van der Waals surface area contributed by atoms with Crippen LogP contribution in [0.1, 0.15) is 31.9 Å². The van der Waals surface area contributed by atoms with Crippen LogP contribution < -0.4 is 16.0 Å². The van der Waals surface area contributed by atoms with Crippen molar-refractivity contribution in [3.05, 3.63) is 35.4 Å². The number of fused-ring (bicyclic) bond motifs is 1. The van der Waals surface area contributed by atoms with Gasteiger partial charge in [0.1, 0.15) is 5.82 Å². The molecule has 2 aromatic rings. The van der Waals surface area contributed by atoms with E-state index in [0.717, 1.165) is 56.2 Å². The van der Waals surface area contributed by atoms with Gasteiger partial charge in [-0.3, -0.25) is 0 Å². The van der Waals surface area contributed by atoms with E-state index in [1.807, 2.05) is 11.0 Å². The van der Waals surface area contributed by atoms with Crippen LogP contribution in [0.15, 0.2) is 24.3 Å². The average molecular weight is 438 g/mol. The van der Waals surface area contributed by atoms with Gasteiger partial charge in [0.2, 0.25) is 5.95 Å². The molecule has 2 aliphatic rings. The number of likely N-dealkylation sites (N-methyl/N-ethyl adjacent to an activating group) is 1. The molecule has 32 heavy (non-hydrogen) atoms. The highest BCUT2D eigenvalue weighted by atomic mass is 16.2. The van der Waals surface area contributed by atoms with Crippen molar-refractivity contribution in [3.63, 3.8) is 0 Å². The molecule has 1 aromatic carbocycles. The number of piperazine rings is 1. The molecule has 3 heterocycles. The predicted octanol–water partition coefficient (Wildman–Crippen LogP) is 2.59. The molecular formula is C24H35N7O. The summed E-state index contributed by atoms with van der Waals surface area (Å²) in [7, 11) is 2.14. The van der Waals surface area contributed by atoms with Crippen molar-refractivity contribution in [2.24, 2.45) is 5.92 Å². The second kappa shape index (κ2) is 9.32. The Morgan fingerprint density at radius 1 is 1.03 bits per heavy atom. The number of amides is 2. The van der Waals surface area contributed by atoms with Crippen LogP contribution in [0.25, 0.3) is 11.3 Å². The van der Waals surface area contributed by atoms with Gasteiger partial charge in [-0.1, -0.05) is 26.0 Å². The topological polar surface area (TPSA) is 90.6 Å². The third kappa shape index (κ3) is 4.96. The molecule has 0 aliphatic carbocycles. The number of hydrogen-bond donors (Lipinski definition) is 2. The molecule has 4 rings (SSSR count). The summed E-state index contributed by atoms with van der Waals surface area (Å²) in [6.07, 6.45) is 0.859. The summed E-state index contributed by atoms with van der Waals surface area (Å²) < 4.78 is 0. The number of urea groups is 1. The van der Waals surface area contributed by atoms with E-state index in [1.165, 1.54) is 11.1 Å². The summed E-state index contributed by atoms with van der Waals surface area (Å²) in [5, 5.41) is 3.12. The van der Waals surface area contributed by atoms with Crippen molar-refractivity contribution in [3.8, 4) is 11.3 Å². The predicted molar refractivity (Wildman–Crippen MR) is 129 cm³/mol. The van der Waals surface area contributed by atoms with E-state index in [-0.39, 0.29) is 18.0 Å². The molecule has 0 unspecified atom stereocenters. The Labute approximate surface area is 190 Å². The van der Waals surface area contributed by atoms with E-state index in [1.54, 1.807) is 0 Å². The lowest BCUT2D eigenvalue weighted by Gasteiger charge is -2.33. The number of hydrogen-bond acceptors (Lipinski definition) is 6. The molecule has 1 saturated heterocycles. The smallest absolute Gasteiger partial charge is 0.317 e. The number of nitrogens with two attached hydrogens (primary N) is 1. The van der Waals surface area contributed by atoms with Crippen LogP contribution in [0, 0.1) is 5.92 Å². The van der Waals surface area contributed by atoms with Gasteiger partial charge in [0.25, 0.3) is 0 Å². The molecule has 1 atom stereocenters. The maximum Gasteiger partial charge on any atom is 0.317 e. The summed E-state index contributed by atoms with van der Waals surface area (Å²) in [5.41, 5.74) is 10.4. The minimum Gasteiger partial charge on any atom is -0.368 e. The molecule has 2 amide bonds. The van der Waals surface area contributed by atoms with Gasteiger partial charge in [-0.15, -0.1) is 0 Å². The van der Waals surface area contributed by atoms with Crippen molar-refractivity contribution < 1.29 is 4.79 Å². The minimum atomic E-state index is 0.00545. The maximum absolute atomic E-state index is 12.7. The molecular weight excluding hydrogens is 402 g/mol. The zero-order valence-corrected chi connectivity index (χ0v) is 19.6. The fourth-order valence-electron chi connectivity index (χ4n) is 4.14. The lowest BCUT2D eigenvalue weighted by atomic mass is 9.96.